The molecule has 1 aromatic carbocycles. The van der Waals surface area contributed by atoms with Crippen molar-refractivity contribution in [1.29, 1.82) is 0 Å². The van der Waals surface area contributed by atoms with Crippen LogP contribution >= 0.6 is 0 Å². The molecule has 0 fully saturated rings. The Kier molecular flexibility index (Phi) is 3.57. The quantitative estimate of drug-likeness (QED) is 0.824. The summed E-state index contributed by atoms with van der Waals surface area (Å²) in [7, 11) is 1.31. The van der Waals surface area contributed by atoms with Gasteiger partial charge < -0.3 is 15.2 Å². The Labute approximate surface area is 131 Å². The average molecular weight is 314 g/mol. The number of aliphatic carboxylic acids is 1. The first kappa shape index (κ1) is 14.8. The number of carbonyl (C=O) groups is 2. The standard InChI is InChI=1S/C15H14N4O4/c1-8-16-15-17-11(13(20)21)7-12(19(15)18-8)9-3-5-10(6-4-9)14(22)23-2/h3-7,12H,1-2H3,(H,20,21)(H,16,17,18)/t12-/m1/s1. The van der Waals surface area contributed by atoms with Gasteiger partial charge in [0.05, 0.1) is 12.7 Å². The van der Waals surface area contributed by atoms with Gasteiger partial charge in [0.25, 0.3) is 0 Å². The maximum Gasteiger partial charge on any atom is 0.352 e. The molecule has 2 heterocycles. The molecule has 23 heavy (non-hydrogen) atoms. The molecule has 118 valence electrons. The number of carboxylic acid groups (broad SMARTS) is 1. The van der Waals surface area contributed by atoms with Gasteiger partial charge in [0.2, 0.25) is 5.95 Å². The van der Waals surface area contributed by atoms with E-state index >= 15 is 0 Å². The predicted octanol–water partition coefficient (Wildman–Crippen LogP) is 1.36. The second-order valence-corrected chi connectivity index (χ2v) is 5.00. The fraction of sp³-hybridized carbons (Fsp3) is 0.200. The molecule has 3 rings (SSSR count). The number of nitrogens with zero attached hydrogens (tertiary/aromatic N) is 3. The number of esters is 1. The monoisotopic (exact) mass is 314 g/mol. The van der Waals surface area contributed by atoms with E-state index in [1.807, 2.05) is 0 Å². The topological polar surface area (TPSA) is 106 Å². The van der Waals surface area contributed by atoms with Crippen molar-refractivity contribution in [3.05, 3.63) is 53.0 Å². The molecule has 1 aromatic heterocycles. The third-order valence-corrected chi connectivity index (χ3v) is 3.48. The zero-order chi connectivity index (χ0) is 16.6. The van der Waals surface area contributed by atoms with Gasteiger partial charge in [0.15, 0.2) is 0 Å². The van der Waals surface area contributed by atoms with E-state index in [-0.39, 0.29) is 5.70 Å². The van der Waals surface area contributed by atoms with Gasteiger partial charge in [-0.15, -0.1) is 0 Å². The SMILES string of the molecule is COC(=O)c1ccc([C@H]2C=C(C(=O)O)Nc3nc(C)nn32)cc1. The summed E-state index contributed by atoms with van der Waals surface area (Å²) in [5.41, 5.74) is 1.23. The van der Waals surface area contributed by atoms with Gasteiger partial charge in [-0.1, -0.05) is 12.1 Å². The number of hydrogen-bond acceptors (Lipinski definition) is 6. The minimum atomic E-state index is -1.08. The highest BCUT2D eigenvalue weighted by Crippen LogP contribution is 2.29. The van der Waals surface area contributed by atoms with Crippen LogP contribution in [0.4, 0.5) is 5.95 Å². The van der Waals surface area contributed by atoms with Gasteiger partial charge in [-0.3, -0.25) is 0 Å². The Morgan fingerprint density at radius 1 is 1.30 bits per heavy atom. The number of fused-ring (bicyclic) bond motifs is 1. The number of aryl methyl sites for hydroxylation is 1. The summed E-state index contributed by atoms with van der Waals surface area (Å²) in [6, 6.07) is 6.30. The Hall–Kier alpha value is -3.16. The number of ether oxygens (including phenoxy) is 1. The minimum absolute atomic E-state index is 0.0342. The van der Waals surface area contributed by atoms with E-state index in [1.165, 1.54) is 7.11 Å². The molecular weight excluding hydrogens is 300 g/mol. The predicted molar refractivity (Wildman–Crippen MR) is 80.0 cm³/mol. The van der Waals surface area contributed by atoms with Crippen LogP contribution in [0.5, 0.6) is 0 Å². The fourth-order valence-electron chi connectivity index (χ4n) is 2.40. The highest BCUT2D eigenvalue weighted by atomic mass is 16.5. The van der Waals surface area contributed by atoms with E-state index in [0.29, 0.717) is 17.3 Å². The molecule has 0 radical (unpaired) electrons. The molecule has 1 aliphatic rings. The van der Waals surface area contributed by atoms with E-state index in [0.717, 1.165) is 5.56 Å². The molecule has 0 bridgehead atoms. The number of benzene rings is 1. The van der Waals surface area contributed by atoms with Crippen molar-refractivity contribution in [2.24, 2.45) is 0 Å². The molecule has 1 aliphatic heterocycles. The summed E-state index contributed by atoms with van der Waals surface area (Å²) in [4.78, 5) is 27.0. The second kappa shape index (κ2) is 5.56. The van der Waals surface area contributed by atoms with E-state index in [4.69, 9.17) is 0 Å². The molecule has 2 aromatic rings. The molecular formula is C15H14N4O4. The van der Waals surface area contributed by atoms with Gasteiger partial charge in [-0.2, -0.15) is 10.1 Å². The molecule has 0 saturated heterocycles. The lowest BCUT2D eigenvalue weighted by atomic mass is 10.0. The van der Waals surface area contributed by atoms with Crippen molar-refractivity contribution in [3.63, 3.8) is 0 Å². The van der Waals surface area contributed by atoms with Gasteiger partial charge in [-0.05, 0) is 30.7 Å². The number of hydrogen-bond donors (Lipinski definition) is 2. The highest BCUT2D eigenvalue weighted by Gasteiger charge is 2.26. The van der Waals surface area contributed by atoms with Crippen molar-refractivity contribution in [1.82, 2.24) is 14.8 Å². The van der Waals surface area contributed by atoms with Crippen LogP contribution in [0.25, 0.3) is 0 Å². The fourth-order valence-corrected chi connectivity index (χ4v) is 2.40. The maximum absolute atomic E-state index is 11.5. The molecule has 0 amide bonds. The Morgan fingerprint density at radius 2 is 2.00 bits per heavy atom. The van der Waals surface area contributed by atoms with Crippen molar-refractivity contribution >= 4 is 17.9 Å². The lowest BCUT2D eigenvalue weighted by molar-refractivity contribution is -0.132. The summed E-state index contributed by atoms with van der Waals surface area (Å²) < 4.78 is 6.27. The molecule has 1 atom stereocenters. The number of anilines is 1. The maximum atomic E-state index is 11.5. The molecule has 0 saturated carbocycles. The summed E-state index contributed by atoms with van der Waals surface area (Å²) in [6.07, 6.45) is 1.55. The first-order valence-electron chi connectivity index (χ1n) is 6.83. The van der Waals surface area contributed by atoms with Gasteiger partial charge >= 0.3 is 11.9 Å². The number of carbonyl (C=O) groups excluding carboxylic acids is 1. The van der Waals surface area contributed by atoms with Crippen LogP contribution in [-0.2, 0) is 9.53 Å². The first-order chi connectivity index (χ1) is 11.0. The van der Waals surface area contributed by atoms with Gasteiger partial charge in [0, 0.05) is 0 Å². The van der Waals surface area contributed by atoms with Crippen LogP contribution in [0.3, 0.4) is 0 Å². The normalized spacial score (nSPS) is 16.1. The number of rotatable bonds is 3. The van der Waals surface area contributed by atoms with Crippen molar-refractivity contribution in [3.8, 4) is 0 Å². The smallest absolute Gasteiger partial charge is 0.352 e. The number of carboxylic acids is 1. The second-order valence-electron chi connectivity index (χ2n) is 5.00. The summed E-state index contributed by atoms with van der Waals surface area (Å²) in [5.74, 6) is -0.609. The average Bonchev–Trinajstić information content (AvgIpc) is 2.93. The van der Waals surface area contributed by atoms with Crippen LogP contribution < -0.4 is 5.32 Å². The molecule has 8 nitrogen and oxygen atoms in total. The lowest BCUT2D eigenvalue weighted by Gasteiger charge is -2.22. The Morgan fingerprint density at radius 3 is 2.61 bits per heavy atom. The van der Waals surface area contributed by atoms with Crippen molar-refractivity contribution in [2.75, 3.05) is 12.4 Å². The number of nitrogens with one attached hydrogen (secondary N) is 1. The summed E-state index contributed by atoms with van der Waals surface area (Å²) in [5, 5.41) is 16.3. The van der Waals surface area contributed by atoms with Crippen LogP contribution in [0.2, 0.25) is 0 Å². The first-order valence-corrected chi connectivity index (χ1v) is 6.83. The summed E-state index contributed by atoms with van der Waals surface area (Å²) in [6.45, 7) is 1.73. The molecule has 0 spiro atoms. The molecule has 8 heteroatoms. The third kappa shape index (κ3) is 2.66. The lowest BCUT2D eigenvalue weighted by Crippen LogP contribution is -2.24. The van der Waals surface area contributed by atoms with Crippen LogP contribution in [0.15, 0.2) is 36.0 Å². The Balaban J connectivity index is 2.03. The molecule has 0 unspecified atom stereocenters. The number of aromatic nitrogens is 3. The van der Waals surface area contributed by atoms with Crippen LogP contribution in [0.1, 0.15) is 27.8 Å². The van der Waals surface area contributed by atoms with E-state index in [2.05, 4.69) is 20.1 Å². The molecule has 2 N–H and O–H groups in total. The van der Waals surface area contributed by atoms with Gasteiger partial charge in [-0.25, -0.2) is 14.3 Å². The molecule has 0 aliphatic carbocycles. The van der Waals surface area contributed by atoms with E-state index in [1.54, 1.807) is 41.9 Å². The minimum Gasteiger partial charge on any atom is -0.477 e. The highest BCUT2D eigenvalue weighted by molar-refractivity contribution is 5.90. The zero-order valence-corrected chi connectivity index (χ0v) is 12.5. The zero-order valence-electron chi connectivity index (χ0n) is 12.5. The van der Waals surface area contributed by atoms with Crippen LogP contribution in [-0.4, -0.2) is 38.9 Å². The third-order valence-electron chi connectivity index (χ3n) is 3.48. The Bertz CT molecular complexity index is 807. The van der Waals surface area contributed by atoms with Gasteiger partial charge in [0.1, 0.15) is 17.6 Å². The number of methoxy groups -OCH3 is 1. The van der Waals surface area contributed by atoms with E-state index < -0.39 is 18.0 Å². The summed E-state index contributed by atoms with van der Waals surface area (Å²) >= 11 is 0. The van der Waals surface area contributed by atoms with Crippen molar-refractivity contribution < 1.29 is 19.4 Å². The largest absolute Gasteiger partial charge is 0.477 e. The van der Waals surface area contributed by atoms with E-state index in [9.17, 15) is 14.7 Å². The van der Waals surface area contributed by atoms with Crippen LogP contribution in [0, 0.1) is 6.92 Å². The number of allylic oxidation sites excluding steroid dienone is 1. The van der Waals surface area contributed by atoms with Crippen molar-refractivity contribution in [2.45, 2.75) is 13.0 Å².